The molecular formula is C11H20N4O. The van der Waals surface area contributed by atoms with E-state index in [1.807, 2.05) is 14.0 Å². The molecule has 1 fully saturated rings. The van der Waals surface area contributed by atoms with Gasteiger partial charge in [0.2, 0.25) is 5.89 Å². The van der Waals surface area contributed by atoms with Crippen molar-refractivity contribution < 1.29 is 4.52 Å². The maximum Gasteiger partial charge on any atom is 0.223 e. The zero-order valence-corrected chi connectivity index (χ0v) is 10.2. The standard InChI is InChI=1S/C11H20N4O/c1-8-6-15(5-4-10(8)12-3)7-11-13-9(2)16-14-11/h8,10,12H,4-7H2,1-3H3. The minimum absolute atomic E-state index is 0.642. The molecule has 5 heteroatoms. The SMILES string of the molecule is CNC1CCN(Cc2noc(C)n2)CC1C. The van der Waals surface area contributed by atoms with Gasteiger partial charge in [-0.05, 0) is 19.4 Å². The molecule has 2 heterocycles. The van der Waals surface area contributed by atoms with Crippen LogP contribution in [0.25, 0.3) is 0 Å². The van der Waals surface area contributed by atoms with E-state index in [0.29, 0.717) is 17.9 Å². The smallest absolute Gasteiger partial charge is 0.223 e. The zero-order valence-electron chi connectivity index (χ0n) is 10.2. The highest BCUT2D eigenvalue weighted by molar-refractivity contribution is 4.88. The van der Waals surface area contributed by atoms with Crippen molar-refractivity contribution in [3.05, 3.63) is 11.7 Å². The van der Waals surface area contributed by atoms with E-state index in [9.17, 15) is 0 Å². The molecule has 1 N–H and O–H groups in total. The number of piperidine rings is 1. The van der Waals surface area contributed by atoms with Gasteiger partial charge in [0.1, 0.15) is 0 Å². The van der Waals surface area contributed by atoms with E-state index < -0.39 is 0 Å². The minimum atomic E-state index is 0.642. The van der Waals surface area contributed by atoms with Gasteiger partial charge in [0.15, 0.2) is 5.82 Å². The average molecular weight is 224 g/mol. The Morgan fingerprint density at radius 1 is 1.56 bits per heavy atom. The Morgan fingerprint density at radius 2 is 2.38 bits per heavy atom. The first-order valence-electron chi connectivity index (χ1n) is 5.88. The summed E-state index contributed by atoms with van der Waals surface area (Å²) >= 11 is 0. The van der Waals surface area contributed by atoms with E-state index >= 15 is 0 Å². The number of hydrogen-bond donors (Lipinski definition) is 1. The third-order valence-corrected chi connectivity index (χ3v) is 3.29. The molecule has 0 spiro atoms. The molecule has 1 aromatic rings. The van der Waals surface area contributed by atoms with Crippen LogP contribution in [0, 0.1) is 12.8 Å². The second-order valence-corrected chi connectivity index (χ2v) is 4.63. The molecule has 0 aliphatic carbocycles. The lowest BCUT2D eigenvalue weighted by molar-refractivity contribution is 0.141. The molecule has 0 amide bonds. The number of aromatic nitrogens is 2. The van der Waals surface area contributed by atoms with Gasteiger partial charge in [-0.25, -0.2) is 0 Å². The van der Waals surface area contributed by atoms with Gasteiger partial charge in [-0.15, -0.1) is 0 Å². The van der Waals surface area contributed by atoms with Gasteiger partial charge in [-0.2, -0.15) is 4.98 Å². The maximum atomic E-state index is 4.98. The lowest BCUT2D eigenvalue weighted by Crippen LogP contribution is -2.46. The molecule has 0 saturated carbocycles. The van der Waals surface area contributed by atoms with E-state index in [0.717, 1.165) is 25.5 Å². The molecule has 5 nitrogen and oxygen atoms in total. The lowest BCUT2D eigenvalue weighted by Gasteiger charge is -2.36. The quantitative estimate of drug-likeness (QED) is 0.823. The van der Waals surface area contributed by atoms with Crippen molar-refractivity contribution in [2.45, 2.75) is 32.9 Å². The van der Waals surface area contributed by atoms with Gasteiger partial charge in [-0.3, -0.25) is 4.90 Å². The highest BCUT2D eigenvalue weighted by Gasteiger charge is 2.25. The Bertz CT molecular complexity index is 338. The summed E-state index contributed by atoms with van der Waals surface area (Å²) in [6.07, 6.45) is 1.19. The molecule has 1 aromatic heterocycles. The van der Waals surface area contributed by atoms with Crippen LogP contribution in [0.5, 0.6) is 0 Å². The summed E-state index contributed by atoms with van der Waals surface area (Å²) < 4.78 is 4.98. The van der Waals surface area contributed by atoms with Crippen LogP contribution in [-0.2, 0) is 6.54 Å². The van der Waals surface area contributed by atoms with E-state index in [-0.39, 0.29) is 0 Å². The summed E-state index contributed by atoms with van der Waals surface area (Å²) in [5.74, 6) is 2.12. The Labute approximate surface area is 96.2 Å². The minimum Gasteiger partial charge on any atom is -0.340 e. The van der Waals surface area contributed by atoms with E-state index in [1.54, 1.807) is 0 Å². The van der Waals surface area contributed by atoms with Crippen LogP contribution in [0.2, 0.25) is 0 Å². The van der Waals surface area contributed by atoms with Crippen molar-refractivity contribution in [3.8, 4) is 0 Å². The number of aryl methyl sites for hydroxylation is 1. The van der Waals surface area contributed by atoms with Crippen molar-refractivity contribution >= 4 is 0 Å². The number of nitrogens with zero attached hydrogens (tertiary/aromatic N) is 3. The summed E-state index contributed by atoms with van der Waals surface area (Å²) in [4.78, 5) is 6.63. The van der Waals surface area contributed by atoms with Gasteiger partial charge in [0.25, 0.3) is 0 Å². The third-order valence-electron chi connectivity index (χ3n) is 3.29. The lowest BCUT2D eigenvalue weighted by atomic mass is 9.94. The van der Waals surface area contributed by atoms with Crippen LogP contribution in [0.15, 0.2) is 4.52 Å². The number of likely N-dealkylation sites (tertiary alicyclic amines) is 1. The topological polar surface area (TPSA) is 54.2 Å². The number of rotatable bonds is 3. The van der Waals surface area contributed by atoms with Gasteiger partial charge < -0.3 is 9.84 Å². The molecule has 1 aliphatic rings. The van der Waals surface area contributed by atoms with E-state index in [4.69, 9.17) is 4.52 Å². The molecule has 0 aromatic carbocycles. The Kier molecular flexibility index (Phi) is 3.56. The van der Waals surface area contributed by atoms with Crippen LogP contribution in [0.1, 0.15) is 25.1 Å². The molecule has 1 aliphatic heterocycles. The summed E-state index contributed by atoms with van der Waals surface area (Å²) in [6.45, 7) is 7.11. The first kappa shape index (κ1) is 11.5. The van der Waals surface area contributed by atoms with Gasteiger partial charge >= 0.3 is 0 Å². The fourth-order valence-corrected chi connectivity index (χ4v) is 2.41. The van der Waals surface area contributed by atoms with Crippen molar-refractivity contribution in [3.63, 3.8) is 0 Å². The third kappa shape index (κ3) is 2.59. The first-order chi connectivity index (χ1) is 7.69. The summed E-state index contributed by atoms with van der Waals surface area (Å²) in [5, 5.41) is 7.30. The molecule has 90 valence electrons. The van der Waals surface area contributed by atoms with Crippen LogP contribution in [0.4, 0.5) is 0 Å². The van der Waals surface area contributed by atoms with Gasteiger partial charge in [0, 0.05) is 26.1 Å². The fraction of sp³-hybridized carbons (Fsp3) is 0.818. The van der Waals surface area contributed by atoms with Crippen LogP contribution in [-0.4, -0.2) is 41.2 Å². The second kappa shape index (κ2) is 4.93. The first-order valence-corrected chi connectivity index (χ1v) is 5.88. The Hall–Kier alpha value is -0.940. The summed E-state index contributed by atoms with van der Waals surface area (Å²) in [7, 11) is 2.04. The molecule has 0 radical (unpaired) electrons. The molecular weight excluding hydrogens is 204 g/mol. The number of hydrogen-bond acceptors (Lipinski definition) is 5. The normalized spacial score (nSPS) is 27.2. The van der Waals surface area contributed by atoms with Crippen molar-refractivity contribution in [1.29, 1.82) is 0 Å². The predicted octanol–water partition coefficient (Wildman–Crippen LogP) is 0.808. The van der Waals surface area contributed by atoms with Crippen molar-refractivity contribution in [1.82, 2.24) is 20.4 Å². The van der Waals surface area contributed by atoms with Crippen molar-refractivity contribution in [2.24, 2.45) is 5.92 Å². The molecule has 2 atom stereocenters. The highest BCUT2D eigenvalue weighted by Crippen LogP contribution is 2.17. The average Bonchev–Trinajstić information content (AvgIpc) is 2.64. The monoisotopic (exact) mass is 224 g/mol. The van der Waals surface area contributed by atoms with E-state index in [1.165, 1.54) is 6.42 Å². The molecule has 1 saturated heterocycles. The highest BCUT2D eigenvalue weighted by atomic mass is 16.5. The molecule has 16 heavy (non-hydrogen) atoms. The molecule has 2 unspecified atom stereocenters. The fourth-order valence-electron chi connectivity index (χ4n) is 2.41. The van der Waals surface area contributed by atoms with Crippen molar-refractivity contribution in [2.75, 3.05) is 20.1 Å². The largest absolute Gasteiger partial charge is 0.340 e. The zero-order chi connectivity index (χ0) is 11.5. The molecule has 2 rings (SSSR count). The maximum absolute atomic E-state index is 4.98. The predicted molar refractivity (Wildman–Crippen MR) is 60.9 cm³/mol. The summed E-state index contributed by atoms with van der Waals surface area (Å²) in [6, 6.07) is 0.642. The van der Waals surface area contributed by atoms with Gasteiger partial charge in [0.05, 0.1) is 6.54 Å². The Morgan fingerprint density at radius 3 is 2.94 bits per heavy atom. The van der Waals surface area contributed by atoms with Crippen LogP contribution < -0.4 is 5.32 Å². The van der Waals surface area contributed by atoms with Crippen LogP contribution >= 0.6 is 0 Å². The summed E-state index contributed by atoms with van der Waals surface area (Å²) in [5.41, 5.74) is 0. The van der Waals surface area contributed by atoms with Gasteiger partial charge in [-0.1, -0.05) is 12.1 Å². The Balaban J connectivity index is 1.88. The number of nitrogens with one attached hydrogen (secondary N) is 1. The van der Waals surface area contributed by atoms with E-state index in [2.05, 4.69) is 27.3 Å². The second-order valence-electron chi connectivity index (χ2n) is 4.63. The van der Waals surface area contributed by atoms with Crippen LogP contribution in [0.3, 0.4) is 0 Å². The molecule has 0 bridgehead atoms.